The predicted molar refractivity (Wildman–Crippen MR) is 61.5 cm³/mol. The van der Waals surface area contributed by atoms with Crippen molar-refractivity contribution in [1.82, 2.24) is 9.97 Å². The van der Waals surface area contributed by atoms with Gasteiger partial charge in [0.1, 0.15) is 0 Å². The summed E-state index contributed by atoms with van der Waals surface area (Å²) in [5, 5.41) is 12.2. The van der Waals surface area contributed by atoms with Gasteiger partial charge < -0.3 is 20.9 Å². The number of aliphatic hydroxyl groups is 1. The van der Waals surface area contributed by atoms with Crippen LogP contribution in [0.2, 0.25) is 0 Å². The number of aromatic nitrogens is 2. The Morgan fingerprint density at radius 3 is 2.81 bits per heavy atom. The molecule has 0 aliphatic heterocycles. The smallest absolute Gasteiger partial charge is 0.226 e. The van der Waals surface area contributed by atoms with E-state index >= 15 is 0 Å². The van der Waals surface area contributed by atoms with Gasteiger partial charge in [0.2, 0.25) is 11.8 Å². The lowest BCUT2D eigenvalue weighted by atomic mass is 10.2. The van der Waals surface area contributed by atoms with Crippen molar-refractivity contribution in [2.45, 2.75) is 26.0 Å². The first-order valence-electron chi connectivity index (χ1n) is 5.10. The van der Waals surface area contributed by atoms with E-state index in [1.165, 1.54) is 0 Å². The maximum Gasteiger partial charge on any atom is 0.226 e. The van der Waals surface area contributed by atoms with E-state index in [9.17, 15) is 5.11 Å². The number of anilines is 1. The highest BCUT2D eigenvalue weighted by atomic mass is 16.5. The van der Waals surface area contributed by atoms with E-state index in [1.807, 2.05) is 6.92 Å². The van der Waals surface area contributed by atoms with Gasteiger partial charge >= 0.3 is 0 Å². The molecule has 6 heteroatoms. The zero-order valence-corrected chi connectivity index (χ0v) is 9.77. The average molecular weight is 226 g/mol. The Kier molecular flexibility index (Phi) is 4.45. The van der Waals surface area contributed by atoms with E-state index in [2.05, 4.69) is 15.3 Å². The average Bonchev–Trinajstić information content (AvgIpc) is 2.24. The second-order valence-electron chi connectivity index (χ2n) is 3.66. The number of nitrogens with zero attached hydrogens (tertiary/aromatic N) is 2. The van der Waals surface area contributed by atoms with Crippen LogP contribution in [0.4, 0.5) is 5.95 Å². The van der Waals surface area contributed by atoms with Crippen molar-refractivity contribution in [1.29, 1.82) is 0 Å². The molecule has 0 aliphatic rings. The molecule has 0 bridgehead atoms. The Balaban J connectivity index is 2.63. The van der Waals surface area contributed by atoms with Crippen LogP contribution < -0.4 is 15.8 Å². The molecule has 6 nitrogen and oxygen atoms in total. The minimum absolute atomic E-state index is 0.352. The van der Waals surface area contributed by atoms with Gasteiger partial charge in [-0.15, -0.1) is 0 Å². The Morgan fingerprint density at radius 2 is 2.25 bits per heavy atom. The van der Waals surface area contributed by atoms with Crippen molar-refractivity contribution >= 4 is 5.95 Å². The van der Waals surface area contributed by atoms with Crippen molar-refractivity contribution in [3.05, 3.63) is 11.8 Å². The van der Waals surface area contributed by atoms with Gasteiger partial charge in [-0.1, -0.05) is 0 Å². The first-order valence-corrected chi connectivity index (χ1v) is 5.10. The summed E-state index contributed by atoms with van der Waals surface area (Å²) in [4.78, 5) is 8.28. The number of nitrogens with two attached hydrogens (primary N) is 1. The highest BCUT2D eigenvalue weighted by Gasteiger charge is 2.10. The molecule has 0 aromatic carbocycles. The van der Waals surface area contributed by atoms with Crippen molar-refractivity contribution in [3.63, 3.8) is 0 Å². The highest BCUT2D eigenvalue weighted by Crippen LogP contribution is 2.10. The fourth-order valence-corrected chi connectivity index (χ4v) is 1.10. The van der Waals surface area contributed by atoms with Gasteiger partial charge in [-0.2, -0.15) is 4.98 Å². The lowest BCUT2D eigenvalue weighted by Gasteiger charge is -2.15. The van der Waals surface area contributed by atoms with E-state index in [4.69, 9.17) is 10.5 Å². The van der Waals surface area contributed by atoms with Gasteiger partial charge in [0.15, 0.2) is 0 Å². The lowest BCUT2D eigenvalue weighted by molar-refractivity contribution is 0.168. The lowest BCUT2D eigenvalue weighted by Crippen LogP contribution is -2.39. The molecule has 0 radical (unpaired) electrons. The molecule has 2 unspecified atom stereocenters. The molecule has 0 saturated carbocycles. The van der Waals surface area contributed by atoms with Crippen LogP contribution in [0.5, 0.6) is 5.88 Å². The molecule has 90 valence electrons. The number of aliphatic hydroxyl groups excluding tert-OH is 1. The van der Waals surface area contributed by atoms with E-state index in [-0.39, 0.29) is 6.04 Å². The molecule has 4 N–H and O–H groups in total. The molecular formula is C10H18N4O2. The SMILES string of the molecule is COc1cc(C)nc(NCC(N)C(C)O)n1. The largest absolute Gasteiger partial charge is 0.481 e. The molecule has 2 atom stereocenters. The number of hydrogen-bond donors (Lipinski definition) is 3. The van der Waals surface area contributed by atoms with Gasteiger partial charge in [0.25, 0.3) is 0 Å². The third-order valence-electron chi connectivity index (χ3n) is 2.16. The molecule has 0 fully saturated rings. The first kappa shape index (κ1) is 12.7. The number of aryl methyl sites for hydroxylation is 1. The molecule has 0 amide bonds. The van der Waals surface area contributed by atoms with Crippen LogP contribution in [0.3, 0.4) is 0 Å². The molecule has 1 rings (SSSR count). The van der Waals surface area contributed by atoms with Crippen LogP contribution in [0.25, 0.3) is 0 Å². The molecule has 0 aliphatic carbocycles. The van der Waals surface area contributed by atoms with Gasteiger partial charge in [0.05, 0.1) is 13.2 Å². The molecule has 0 saturated heterocycles. The summed E-state index contributed by atoms with van der Waals surface area (Å²) in [7, 11) is 1.55. The Morgan fingerprint density at radius 1 is 1.56 bits per heavy atom. The van der Waals surface area contributed by atoms with Crippen molar-refractivity contribution < 1.29 is 9.84 Å². The summed E-state index contributed by atoms with van der Waals surface area (Å²) in [6.07, 6.45) is -0.570. The van der Waals surface area contributed by atoms with Crippen LogP contribution in [0, 0.1) is 6.92 Å². The zero-order chi connectivity index (χ0) is 12.1. The number of ether oxygens (including phenoxy) is 1. The summed E-state index contributed by atoms with van der Waals surface area (Å²) < 4.78 is 5.02. The van der Waals surface area contributed by atoms with Crippen LogP contribution >= 0.6 is 0 Å². The maximum atomic E-state index is 9.22. The van der Waals surface area contributed by atoms with E-state index in [0.29, 0.717) is 18.4 Å². The number of methoxy groups -OCH3 is 1. The summed E-state index contributed by atoms with van der Waals surface area (Å²) in [5.74, 6) is 0.952. The van der Waals surface area contributed by atoms with Crippen LogP contribution in [-0.2, 0) is 0 Å². The summed E-state index contributed by atoms with van der Waals surface area (Å²) in [6.45, 7) is 3.90. The van der Waals surface area contributed by atoms with Gasteiger partial charge in [-0.25, -0.2) is 4.98 Å². The van der Waals surface area contributed by atoms with E-state index in [0.717, 1.165) is 5.69 Å². The summed E-state index contributed by atoms with van der Waals surface area (Å²) in [6, 6.07) is 1.38. The maximum absolute atomic E-state index is 9.22. The monoisotopic (exact) mass is 226 g/mol. The van der Waals surface area contributed by atoms with Crippen molar-refractivity contribution in [3.8, 4) is 5.88 Å². The molecular weight excluding hydrogens is 208 g/mol. The molecule has 1 aromatic rings. The topological polar surface area (TPSA) is 93.3 Å². The van der Waals surface area contributed by atoms with E-state index < -0.39 is 6.10 Å². The fraction of sp³-hybridized carbons (Fsp3) is 0.600. The molecule has 1 heterocycles. The predicted octanol–water partition coefficient (Wildman–Crippen LogP) is -0.0864. The third kappa shape index (κ3) is 3.63. The Hall–Kier alpha value is -1.40. The molecule has 16 heavy (non-hydrogen) atoms. The first-order chi connectivity index (χ1) is 7.52. The second-order valence-corrected chi connectivity index (χ2v) is 3.66. The Bertz CT molecular complexity index is 344. The van der Waals surface area contributed by atoms with Crippen LogP contribution in [0.1, 0.15) is 12.6 Å². The molecule has 0 spiro atoms. The summed E-state index contributed by atoms with van der Waals surface area (Å²) >= 11 is 0. The molecule has 1 aromatic heterocycles. The third-order valence-corrected chi connectivity index (χ3v) is 2.16. The highest BCUT2D eigenvalue weighted by molar-refractivity contribution is 5.30. The Labute approximate surface area is 94.9 Å². The normalized spacial score (nSPS) is 14.3. The number of hydrogen-bond acceptors (Lipinski definition) is 6. The number of rotatable bonds is 5. The van der Waals surface area contributed by atoms with Crippen LogP contribution in [-0.4, -0.2) is 40.9 Å². The van der Waals surface area contributed by atoms with Crippen LogP contribution in [0.15, 0.2) is 6.07 Å². The minimum Gasteiger partial charge on any atom is -0.481 e. The van der Waals surface area contributed by atoms with Gasteiger partial charge in [-0.05, 0) is 13.8 Å². The minimum atomic E-state index is -0.570. The quantitative estimate of drug-likeness (QED) is 0.650. The zero-order valence-electron chi connectivity index (χ0n) is 9.77. The van der Waals surface area contributed by atoms with E-state index in [1.54, 1.807) is 20.1 Å². The van der Waals surface area contributed by atoms with Gasteiger partial charge in [0, 0.05) is 24.3 Å². The van der Waals surface area contributed by atoms with Crippen molar-refractivity contribution in [2.24, 2.45) is 5.73 Å². The second kappa shape index (κ2) is 5.62. The standard InChI is InChI=1S/C10H18N4O2/c1-6-4-9(16-3)14-10(13-6)12-5-8(11)7(2)15/h4,7-8,15H,5,11H2,1-3H3,(H,12,13,14). The summed E-state index contributed by atoms with van der Waals surface area (Å²) in [5.41, 5.74) is 6.48. The fourth-order valence-electron chi connectivity index (χ4n) is 1.10. The van der Waals surface area contributed by atoms with Crippen molar-refractivity contribution in [2.75, 3.05) is 19.0 Å². The van der Waals surface area contributed by atoms with Gasteiger partial charge in [-0.3, -0.25) is 0 Å². The number of nitrogens with one attached hydrogen (secondary N) is 1.